The number of rotatable bonds is 4. The van der Waals surface area contributed by atoms with Crippen LogP contribution >= 0.6 is 0 Å². The lowest BCUT2D eigenvalue weighted by Crippen LogP contribution is -2.30. The van der Waals surface area contributed by atoms with Gasteiger partial charge in [0.05, 0.1) is 10.8 Å². The number of aryl methyl sites for hydroxylation is 1. The fraction of sp³-hybridized carbons (Fsp3) is 0.500. The largest absolute Gasteiger partial charge is 0.481 e. The molecule has 20 heavy (non-hydrogen) atoms. The maximum absolute atomic E-state index is 11.0. The van der Waals surface area contributed by atoms with Crippen LogP contribution in [0.2, 0.25) is 0 Å². The Kier molecular flexibility index (Phi) is 4.22. The van der Waals surface area contributed by atoms with Crippen LogP contribution in [0.3, 0.4) is 0 Å². The second-order valence-corrected chi connectivity index (χ2v) is 5.30. The smallest absolute Gasteiger partial charge is 0.306 e. The summed E-state index contributed by atoms with van der Waals surface area (Å²) in [5.74, 6) is -1.03. The molecule has 2 atom stereocenters. The number of hydrogen-bond donors (Lipinski definition) is 2. The van der Waals surface area contributed by atoms with Gasteiger partial charge in [-0.25, -0.2) is 0 Å². The molecule has 1 saturated carbocycles. The van der Waals surface area contributed by atoms with Gasteiger partial charge in [-0.15, -0.1) is 0 Å². The van der Waals surface area contributed by atoms with Crippen molar-refractivity contribution in [1.82, 2.24) is 0 Å². The molecule has 1 aliphatic carbocycles. The zero-order chi connectivity index (χ0) is 14.7. The van der Waals surface area contributed by atoms with Gasteiger partial charge >= 0.3 is 5.97 Å². The number of benzene rings is 1. The predicted molar refractivity (Wildman–Crippen MR) is 74.8 cm³/mol. The van der Waals surface area contributed by atoms with Gasteiger partial charge < -0.3 is 10.4 Å². The van der Waals surface area contributed by atoms with Crippen LogP contribution in [0.15, 0.2) is 18.2 Å². The van der Waals surface area contributed by atoms with Crippen LogP contribution in [-0.4, -0.2) is 22.0 Å². The van der Waals surface area contributed by atoms with Gasteiger partial charge in [-0.1, -0.05) is 6.42 Å². The molecule has 1 fully saturated rings. The highest BCUT2D eigenvalue weighted by Crippen LogP contribution is 2.28. The summed E-state index contributed by atoms with van der Waals surface area (Å²) in [6.07, 6.45) is 3.15. The molecule has 6 nitrogen and oxygen atoms in total. The third-order valence-electron chi connectivity index (χ3n) is 3.79. The van der Waals surface area contributed by atoms with Crippen LogP contribution in [-0.2, 0) is 4.79 Å². The highest BCUT2D eigenvalue weighted by molar-refractivity contribution is 5.70. The van der Waals surface area contributed by atoms with Gasteiger partial charge in [-0.2, -0.15) is 0 Å². The number of carbonyl (C=O) groups is 1. The quantitative estimate of drug-likeness (QED) is 0.652. The molecule has 2 unspecified atom stereocenters. The van der Waals surface area contributed by atoms with Crippen LogP contribution in [0.1, 0.15) is 31.2 Å². The van der Waals surface area contributed by atoms with Gasteiger partial charge in [-0.3, -0.25) is 14.9 Å². The highest BCUT2D eigenvalue weighted by Gasteiger charge is 2.26. The first kappa shape index (κ1) is 14.3. The Morgan fingerprint density at radius 3 is 2.80 bits per heavy atom. The number of nitrogens with zero attached hydrogens (tertiary/aromatic N) is 1. The topological polar surface area (TPSA) is 92.5 Å². The molecule has 0 spiro atoms. The second kappa shape index (κ2) is 5.90. The molecule has 1 aromatic rings. The minimum absolute atomic E-state index is 0.0996. The van der Waals surface area contributed by atoms with E-state index in [9.17, 15) is 14.9 Å². The summed E-state index contributed by atoms with van der Waals surface area (Å²) in [6, 6.07) is 5.01. The molecule has 0 heterocycles. The Morgan fingerprint density at radius 2 is 2.20 bits per heavy atom. The molecule has 0 saturated heterocycles. The van der Waals surface area contributed by atoms with Crippen molar-refractivity contribution in [2.24, 2.45) is 5.92 Å². The SMILES string of the molecule is Cc1cc(NC2CCCC(C(=O)O)C2)ccc1[N+](=O)[O-]. The van der Waals surface area contributed by atoms with Crippen molar-refractivity contribution in [2.45, 2.75) is 38.6 Å². The van der Waals surface area contributed by atoms with Gasteiger partial charge in [0.1, 0.15) is 0 Å². The molecule has 0 amide bonds. The molecule has 6 heteroatoms. The number of aliphatic carboxylic acids is 1. The number of carboxylic acid groups (broad SMARTS) is 1. The van der Waals surface area contributed by atoms with E-state index in [1.807, 2.05) is 0 Å². The van der Waals surface area contributed by atoms with Gasteiger partial charge in [0.2, 0.25) is 0 Å². The molecule has 1 aliphatic rings. The van der Waals surface area contributed by atoms with E-state index < -0.39 is 10.9 Å². The summed E-state index contributed by atoms with van der Waals surface area (Å²) < 4.78 is 0. The summed E-state index contributed by atoms with van der Waals surface area (Å²) in [5.41, 5.74) is 1.51. The van der Waals surface area contributed by atoms with Crippen molar-refractivity contribution in [3.8, 4) is 0 Å². The summed E-state index contributed by atoms with van der Waals surface area (Å²) in [7, 11) is 0. The molecule has 0 bridgehead atoms. The maximum Gasteiger partial charge on any atom is 0.306 e. The van der Waals surface area contributed by atoms with Gasteiger partial charge in [-0.05, 0) is 38.3 Å². The van der Waals surface area contributed by atoms with Crippen LogP contribution < -0.4 is 5.32 Å². The second-order valence-electron chi connectivity index (χ2n) is 5.30. The first-order valence-electron chi connectivity index (χ1n) is 6.71. The Bertz CT molecular complexity index is 530. The zero-order valence-electron chi connectivity index (χ0n) is 11.3. The normalized spacial score (nSPS) is 22.2. The van der Waals surface area contributed by atoms with Gasteiger partial charge in [0.25, 0.3) is 5.69 Å². The number of nitrogens with one attached hydrogen (secondary N) is 1. The highest BCUT2D eigenvalue weighted by atomic mass is 16.6. The molecule has 0 radical (unpaired) electrons. The third-order valence-corrected chi connectivity index (χ3v) is 3.79. The molecule has 2 rings (SSSR count). The average Bonchev–Trinajstić information content (AvgIpc) is 2.38. The molecular weight excluding hydrogens is 260 g/mol. The fourth-order valence-electron chi connectivity index (χ4n) is 2.73. The first-order valence-corrected chi connectivity index (χ1v) is 6.71. The minimum atomic E-state index is -0.739. The van der Waals surface area contributed by atoms with E-state index in [-0.39, 0.29) is 17.6 Å². The van der Waals surface area contributed by atoms with Crippen molar-refractivity contribution >= 4 is 17.3 Å². The minimum Gasteiger partial charge on any atom is -0.481 e. The predicted octanol–water partition coefficient (Wildman–Crippen LogP) is 2.96. The van der Waals surface area contributed by atoms with Crippen molar-refractivity contribution in [3.63, 3.8) is 0 Å². The van der Waals surface area contributed by atoms with Gasteiger partial charge in [0, 0.05) is 23.4 Å². The molecule has 0 aliphatic heterocycles. The number of carboxylic acids is 1. The number of anilines is 1. The monoisotopic (exact) mass is 278 g/mol. The molecule has 2 N–H and O–H groups in total. The van der Waals surface area contributed by atoms with Crippen LogP contribution in [0.4, 0.5) is 11.4 Å². The fourth-order valence-corrected chi connectivity index (χ4v) is 2.73. The van der Waals surface area contributed by atoms with E-state index in [4.69, 9.17) is 5.11 Å². The Balaban J connectivity index is 2.04. The Labute approximate surface area is 117 Å². The lowest BCUT2D eigenvalue weighted by atomic mass is 9.85. The standard InChI is InChI=1S/C14H18N2O4/c1-9-7-12(5-6-13(9)16(19)20)15-11-4-2-3-10(8-11)14(17)18/h5-7,10-11,15H,2-4,8H2,1H3,(H,17,18). The van der Waals surface area contributed by atoms with E-state index >= 15 is 0 Å². The number of nitro groups is 1. The third kappa shape index (κ3) is 3.26. The summed E-state index contributed by atoms with van der Waals surface area (Å²) in [4.78, 5) is 21.4. The molecule has 108 valence electrons. The van der Waals surface area contributed by atoms with Crippen LogP contribution in [0.5, 0.6) is 0 Å². The van der Waals surface area contributed by atoms with Gasteiger partial charge in [0.15, 0.2) is 0 Å². The zero-order valence-corrected chi connectivity index (χ0v) is 11.3. The van der Waals surface area contributed by atoms with Crippen molar-refractivity contribution in [3.05, 3.63) is 33.9 Å². The first-order chi connectivity index (χ1) is 9.47. The summed E-state index contributed by atoms with van der Waals surface area (Å²) in [5, 5.41) is 23.1. The van der Waals surface area contributed by atoms with E-state index in [1.54, 1.807) is 19.1 Å². The lowest BCUT2D eigenvalue weighted by Gasteiger charge is -2.28. The van der Waals surface area contributed by atoms with Crippen molar-refractivity contribution in [1.29, 1.82) is 0 Å². The van der Waals surface area contributed by atoms with E-state index in [0.717, 1.165) is 24.9 Å². The van der Waals surface area contributed by atoms with E-state index in [0.29, 0.717) is 12.0 Å². The average molecular weight is 278 g/mol. The summed E-state index contributed by atoms with van der Waals surface area (Å²) >= 11 is 0. The van der Waals surface area contributed by atoms with E-state index in [1.165, 1.54) is 6.07 Å². The Morgan fingerprint density at radius 1 is 1.45 bits per heavy atom. The number of nitro benzene ring substituents is 1. The van der Waals surface area contributed by atoms with E-state index in [2.05, 4.69) is 5.32 Å². The van der Waals surface area contributed by atoms with Crippen molar-refractivity contribution in [2.75, 3.05) is 5.32 Å². The molecular formula is C14H18N2O4. The van der Waals surface area contributed by atoms with Crippen LogP contribution in [0, 0.1) is 23.0 Å². The molecule has 0 aromatic heterocycles. The molecule has 1 aromatic carbocycles. The van der Waals surface area contributed by atoms with Crippen LogP contribution in [0.25, 0.3) is 0 Å². The van der Waals surface area contributed by atoms with Crippen molar-refractivity contribution < 1.29 is 14.8 Å². The lowest BCUT2D eigenvalue weighted by molar-refractivity contribution is -0.385. The summed E-state index contributed by atoms with van der Waals surface area (Å²) in [6.45, 7) is 1.70. The number of hydrogen-bond acceptors (Lipinski definition) is 4. The maximum atomic E-state index is 11.0. The Hall–Kier alpha value is -2.11.